The molecular weight excluding hydrogens is 304 g/mol. The smallest absolute Gasteiger partial charge is 0.324 e. The molecule has 2 rings (SSSR count). The molecule has 8 heteroatoms. The average molecular weight is 319 g/mol. The third kappa shape index (κ3) is 2.65. The van der Waals surface area contributed by atoms with E-state index in [0.29, 0.717) is 25.0 Å². The molecule has 0 saturated carbocycles. The van der Waals surface area contributed by atoms with Gasteiger partial charge in [-0.3, -0.25) is 4.79 Å². The summed E-state index contributed by atoms with van der Waals surface area (Å²) >= 11 is 0. The van der Waals surface area contributed by atoms with Crippen LogP contribution in [0, 0.1) is 11.6 Å². The van der Waals surface area contributed by atoms with E-state index in [2.05, 4.69) is 0 Å². The highest BCUT2D eigenvalue weighted by molar-refractivity contribution is 7.89. The molecule has 116 valence electrons. The fourth-order valence-corrected chi connectivity index (χ4v) is 4.37. The molecule has 0 bridgehead atoms. The van der Waals surface area contributed by atoms with E-state index in [-0.39, 0.29) is 13.0 Å². The highest BCUT2D eigenvalue weighted by Gasteiger charge is 2.48. The van der Waals surface area contributed by atoms with Gasteiger partial charge in [-0.1, -0.05) is 0 Å². The lowest BCUT2D eigenvalue weighted by Crippen LogP contribution is -2.57. The topological polar surface area (TPSA) is 74.7 Å². The van der Waals surface area contributed by atoms with Crippen molar-refractivity contribution >= 4 is 16.0 Å². The van der Waals surface area contributed by atoms with Gasteiger partial charge < -0.3 is 5.11 Å². The van der Waals surface area contributed by atoms with Gasteiger partial charge in [-0.15, -0.1) is 0 Å². The number of carbonyl (C=O) groups is 1. The first kappa shape index (κ1) is 15.8. The molecule has 21 heavy (non-hydrogen) atoms. The lowest BCUT2D eigenvalue weighted by Gasteiger charge is -2.40. The van der Waals surface area contributed by atoms with Crippen LogP contribution in [0.5, 0.6) is 0 Å². The summed E-state index contributed by atoms with van der Waals surface area (Å²) < 4.78 is 52.8. The Bertz CT molecular complexity index is 677. The Morgan fingerprint density at radius 3 is 2.62 bits per heavy atom. The number of sulfonamides is 1. The predicted octanol–water partition coefficient (Wildman–Crippen LogP) is 1.98. The maximum absolute atomic E-state index is 13.8. The molecule has 0 radical (unpaired) electrons. The summed E-state index contributed by atoms with van der Waals surface area (Å²) in [6.07, 6.45) is 1.15. The molecule has 1 aliphatic rings. The molecule has 0 aromatic heterocycles. The third-order valence-corrected chi connectivity index (χ3v) is 5.78. The Morgan fingerprint density at radius 1 is 1.33 bits per heavy atom. The first-order valence-electron chi connectivity index (χ1n) is 6.41. The van der Waals surface area contributed by atoms with Gasteiger partial charge in [-0.2, -0.15) is 4.31 Å². The fourth-order valence-electron chi connectivity index (χ4n) is 2.49. The van der Waals surface area contributed by atoms with E-state index in [4.69, 9.17) is 0 Å². The number of carboxylic acids is 1. The largest absolute Gasteiger partial charge is 0.480 e. The minimum atomic E-state index is -4.43. The van der Waals surface area contributed by atoms with E-state index >= 15 is 0 Å². The van der Waals surface area contributed by atoms with Crippen LogP contribution in [0.4, 0.5) is 8.78 Å². The van der Waals surface area contributed by atoms with Gasteiger partial charge in [0.1, 0.15) is 22.1 Å². The second-order valence-corrected chi connectivity index (χ2v) is 7.02. The van der Waals surface area contributed by atoms with Gasteiger partial charge in [0, 0.05) is 6.54 Å². The van der Waals surface area contributed by atoms with Crippen molar-refractivity contribution in [3.8, 4) is 0 Å². The van der Waals surface area contributed by atoms with Gasteiger partial charge in [-0.05, 0) is 44.4 Å². The van der Waals surface area contributed by atoms with Gasteiger partial charge in [0.05, 0.1) is 0 Å². The van der Waals surface area contributed by atoms with Crippen molar-refractivity contribution in [3.05, 3.63) is 29.8 Å². The van der Waals surface area contributed by atoms with Crippen molar-refractivity contribution in [2.45, 2.75) is 36.6 Å². The second kappa shape index (κ2) is 5.34. The molecule has 0 spiro atoms. The van der Waals surface area contributed by atoms with Crippen molar-refractivity contribution in [1.29, 1.82) is 0 Å². The van der Waals surface area contributed by atoms with Crippen LogP contribution in [0.1, 0.15) is 26.2 Å². The Balaban J connectivity index is 2.56. The minimum Gasteiger partial charge on any atom is -0.480 e. The Kier molecular flexibility index (Phi) is 4.03. The summed E-state index contributed by atoms with van der Waals surface area (Å²) in [5.41, 5.74) is -1.66. The van der Waals surface area contributed by atoms with Gasteiger partial charge in [-0.25, -0.2) is 17.2 Å². The predicted molar refractivity (Wildman–Crippen MR) is 70.1 cm³/mol. The summed E-state index contributed by atoms with van der Waals surface area (Å²) in [5.74, 6) is -3.30. The number of nitrogens with zero attached hydrogens (tertiary/aromatic N) is 1. The van der Waals surface area contributed by atoms with Crippen LogP contribution in [0.2, 0.25) is 0 Å². The van der Waals surface area contributed by atoms with Crippen LogP contribution in [-0.2, 0) is 14.8 Å². The Labute approximate surface area is 121 Å². The molecule has 1 N–H and O–H groups in total. The molecule has 1 unspecified atom stereocenters. The Morgan fingerprint density at radius 2 is 2.00 bits per heavy atom. The van der Waals surface area contributed by atoms with Gasteiger partial charge in [0.2, 0.25) is 10.0 Å². The summed E-state index contributed by atoms with van der Waals surface area (Å²) in [5, 5.41) is 9.33. The molecular formula is C13H15F2NO4S. The van der Waals surface area contributed by atoms with E-state index in [1.165, 1.54) is 6.92 Å². The molecule has 1 atom stereocenters. The summed E-state index contributed by atoms with van der Waals surface area (Å²) in [4.78, 5) is 10.6. The molecule has 1 aromatic carbocycles. The van der Waals surface area contributed by atoms with Crippen molar-refractivity contribution in [2.24, 2.45) is 0 Å². The van der Waals surface area contributed by atoms with Crippen molar-refractivity contribution in [1.82, 2.24) is 4.31 Å². The van der Waals surface area contributed by atoms with E-state index in [0.717, 1.165) is 10.4 Å². The second-order valence-electron chi connectivity index (χ2n) is 5.19. The summed E-state index contributed by atoms with van der Waals surface area (Å²) in [6.45, 7) is 1.24. The molecule has 1 aliphatic heterocycles. The fraction of sp³-hybridized carbons (Fsp3) is 0.462. The van der Waals surface area contributed by atoms with Crippen LogP contribution >= 0.6 is 0 Å². The van der Waals surface area contributed by atoms with E-state index in [1.54, 1.807) is 0 Å². The zero-order chi connectivity index (χ0) is 15.8. The molecule has 0 aliphatic carbocycles. The minimum absolute atomic E-state index is 0.0406. The number of carboxylic acid groups (broad SMARTS) is 1. The molecule has 1 fully saturated rings. The standard InChI is InChI=1S/C13H15F2NO4S/c1-13(12(17)18)6-2-3-7-16(13)21(19,20)11-8-9(14)4-5-10(11)15/h4-5,8H,2-3,6-7H2,1H3,(H,17,18). The highest BCUT2D eigenvalue weighted by atomic mass is 32.2. The first-order chi connectivity index (χ1) is 9.69. The average Bonchev–Trinajstić information content (AvgIpc) is 2.41. The molecule has 0 amide bonds. The number of aliphatic carboxylic acids is 1. The number of hydrogen-bond donors (Lipinski definition) is 1. The van der Waals surface area contributed by atoms with Gasteiger partial charge >= 0.3 is 5.97 Å². The van der Waals surface area contributed by atoms with Crippen LogP contribution in [0.25, 0.3) is 0 Å². The lowest BCUT2D eigenvalue weighted by molar-refractivity contribution is -0.149. The van der Waals surface area contributed by atoms with Gasteiger partial charge in [0.25, 0.3) is 0 Å². The van der Waals surface area contributed by atoms with Crippen LogP contribution in [0.15, 0.2) is 23.1 Å². The van der Waals surface area contributed by atoms with Gasteiger partial charge in [0.15, 0.2) is 0 Å². The van der Waals surface area contributed by atoms with E-state index in [9.17, 15) is 27.1 Å². The first-order valence-corrected chi connectivity index (χ1v) is 7.85. The molecule has 1 aromatic rings. The number of benzene rings is 1. The maximum Gasteiger partial charge on any atom is 0.324 e. The zero-order valence-electron chi connectivity index (χ0n) is 11.3. The van der Waals surface area contributed by atoms with Crippen molar-refractivity contribution in [3.63, 3.8) is 0 Å². The molecule has 5 nitrogen and oxygen atoms in total. The number of halogens is 2. The zero-order valence-corrected chi connectivity index (χ0v) is 12.2. The van der Waals surface area contributed by atoms with Crippen LogP contribution in [0.3, 0.4) is 0 Å². The van der Waals surface area contributed by atoms with Crippen molar-refractivity contribution < 1.29 is 27.1 Å². The molecule has 1 saturated heterocycles. The van der Waals surface area contributed by atoms with E-state index < -0.39 is 38.1 Å². The lowest BCUT2D eigenvalue weighted by atomic mass is 9.91. The quantitative estimate of drug-likeness (QED) is 0.924. The maximum atomic E-state index is 13.8. The number of piperidine rings is 1. The SMILES string of the molecule is CC1(C(=O)O)CCCCN1S(=O)(=O)c1cc(F)ccc1F. The van der Waals surface area contributed by atoms with E-state index in [1.807, 2.05) is 0 Å². The third-order valence-electron chi connectivity index (χ3n) is 3.75. The molecule has 1 heterocycles. The summed E-state index contributed by atoms with van der Waals surface area (Å²) in [7, 11) is -4.43. The number of hydrogen-bond acceptors (Lipinski definition) is 3. The Hall–Kier alpha value is -1.54. The van der Waals surface area contributed by atoms with Crippen LogP contribution in [-0.4, -0.2) is 35.9 Å². The monoisotopic (exact) mass is 319 g/mol. The number of rotatable bonds is 3. The summed E-state index contributed by atoms with van der Waals surface area (Å²) in [6, 6.07) is 2.09. The highest BCUT2D eigenvalue weighted by Crippen LogP contribution is 2.34. The normalized spacial score (nSPS) is 24.0. The van der Waals surface area contributed by atoms with Crippen molar-refractivity contribution in [2.75, 3.05) is 6.54 Å². The van der Waals surface area contributed by atoms with Crippen LogP contribution < -0.4 is 0 Å².